The molecule has 1 aliphatic carbocycles. The molecule has 0 radical (unpaired) electrons. The van der Waals surface area contributed by atoms with Crippen LogP contribution in [0.4, 0.5) is 5.82 Å². The Hall–Kier alpha value is -1.81. The normalized spacial score (nSPS) is 33.4. The van der Waals surface area contributed by atoms with Crippen molar-refractivity contribution in [2.75, 3.05) is 25.0 Å². The van der Waals surface area contributed by atoms with Gasteiger partial charge in [0.05, 0.1) is 18.5 Å². The summed E-state index contributed by atoms with van der Waals surface area (Å²) in [7, 11) is 0. The topological polar surface area (TPSA) is 128 Å². The summed E-state index contributed by atoms with van der Waals surface area (Å²) in [4.78, 5) is 13.0. The van der Waals surface area contributed by atoms with Crippen LogP contribution in [0.3, 0.4) is 0 Å². The minimum absolute atomic E-state index is 0.155. The predicted molar refractivity (Wildman–Crippen MR) is 86.5 cm³/mol. The standard InChI is InChI=1S/C15H22N6O3/c22-5-8-3-10(13(24)12(8)23)21-7-19-11-14(17-6-18-15(11)21)20-9-1-2-16-4-9/h6-10,12-13,16,22-24H,1-5H2,(H,17,18,20)/t8-,9-,10?,12-,13+/m1/s1. The highest BCUT2D eigenvalue weighted by Crippen LogP contribution is 2.37. The molecule has 3 heterocycles. The maximum atomic E-state index is 10.3. The molecule has 0 aromatic carbocycles. The van der Waals surface area contributed by atoms with E-state index in [1.807, 2.05) is 0 Å². The number of hydrogen-bond acceptors (Lipinski definition) is 8. The van der Waals surface area contributed by atoms with Gasteiger partial charge in [0, 0.05) is 25.1 Å². The minimum Gasteiger partial charge on any atom is -0.396 e. The van der Waals surface area contributed by atoms with Crippen LogP contribution in [0.5, 0.6) is 0 Å². The predicted octanol–water partition coefficient (Wildman–Crippen LogP) is -1.12. The number of aliphatic hydroxyl groups excluding tert-OH is 3. The number of anilines is 1. The molecule has 9 heteroatoms. The summed E-state index contributed by atoms with van der Waals surface area (Å²) in [5, 5.41) is 36.4. The van der Waals surface area contributed by atoms with E-state index in [1.165, 1.54) is 6.33 Å². The molecular weight excluding hydrogens is 312 g/mol. The van der Waals surface area contributed by atoms with Gasteiger partial charge >= 0.3 is 0 Å². The van der Waals surface area contributed by atoms with Crippen LogP contribution in [-0.2, 0) is 0 Å². The fraction of sp³-hybridized carbons (Fsp3) is 0.667. The average molecular weight is 334 g/mol. The van der Waals surface area contributed by atoms with Gasteiger partial charge in [0.15, 0.2) is 11.5 Å². The van der Waals surface area contributed by atoms with Gasteiger partial charge in [0.25, 0.3) is 0 Å². The van der Waals surface area contributed by atoms with Crippen molar-refractivity contribution in [3.63, 3.8) is 0 Å². The molecule has 130 valence electrons. The third-order valence-corrected chi connectivity index (χ3v) is 5.12. The zero-order valence-electron chi connectivity index (χ0n) is 13.2. The molecule has 2 fully saturated rings. The van der Waals surface area contributed by atoms with Crippen LogP contribution in [0.15, 0.2) is 12.7 Å². The van der Waals surface area contributed by atoms with Crippen LogP contribution in [0.2, 0.25) is 0 Å². The Bertz CT molecular complexity index is 716. The SMILES string of the molecule is OC[C@H]1CC(n2cnc3c(N[C@@H]4CCNC4)ncnc32)[C@H](O)[C@@H]1O. The minimum atomic E-state index is -0.954. The van der Waals surface area contributed by atoms with Crippen molar-refractivity contribution in [2.24, 2.45) is 5.92 Å². The van der Waals surface area contributed by atoms with Gasteiger partial charge in [-0.25, -0.2) is 15.0 Å². The number of hydrogen-bond donors (Lipinski definition) is 5. The molecule has 1 saturated carbocycles. The molecule has 0 spiro atoms. The first-order chi connectivity index (χ1) is 11.7. The zero-order valence-corrected chi connectivity index (χ0v) is 13.2. The molecular formula is C15H22N6O3. The monoisotopic (exact) mass is 334 g/mol. The summed E-state index contributed by atoms with van der Waals surface area (Å²) in [5.74, 6) is 0.339. The molecule has 5 atom stereocenters. The van der Waals surface area contributed by atoms with Crippen molar-refractivity contribution in [1.82, 2.24) is 24.8 Å². The number of aromatic nitrogens is 4. The van der Waals surface area contributed by atoms with E-state index < -0.39 is 12.2 Å². The second-order valence-electron chi connectivity index (χ2n) is 6.61. The van der Waals surface area contributed by atoms with E-state index in [1.54, 1.807) is 10.9 Å². The Morgan fingerprint density at radius 2 is 2.12 bits per heavy atom. The van der Waals surface area contributed by atoms with Crippen molar-refractivity contribution in [3.05, 3.63) is 12.7 Å². The van der Waals surface area contributed by atoms with Crippen LogP contribution in [-0.4, -0.2) is 72.8 Å². The van der Waals surface area contributed by atoms with Gasteiger partial charge in [-0.15, -0.1) is 0 Å². The molecule has 24 heavy (non-hydrogen) atoms. The summed E-state index contributed by atoms with van der Waals surface area (Å²) in [6.45, 7) is 1.71. The number of imidazole rings is 1. The summed E-state index contributed by atoms with van der Waals surface area (Å²) in [6.07, 6.45) is 2.71. The fourth-order valence-electron chi connectivity index (χ4n) is 3.73. The Morgan fingerprint density at radius 1 is 1.25 bits per heavy atom. The largest absolute Gasteiger partial charge is 0.396 e. The first kappa shape index (κ1) is 15.7. The lowest BCUT2D eigenvalue weighted by molar-refractivity contribution is -0.00370. The van der Waals surface area contributed by atoms with Crippen LogP contribution in [0, 0.1) is 5.92 Å². The van der Waals surface area contributed by atoms with Gasteiger partial charge in [0.1, 0.15) is 17.9 Å². The highest BCUT2D eigenvalue weighted by atomic mass is 16.3. The third kappa shape index (κ3) is 2.53. The third-order valence-electron chi connectivity index (χ3n) is 5.12. The van der Waals surface area contributed by atoms with E-state index in [4.69, 9.17) is 0 Å². The molecule has 4 rings (SSSR count). The van der Waals surface area contributed by atoms with Crippen molar-refractivity contribution in [1.29, 1.82) is 0 Å². The van der Waals surface area contributed by atoms with Crippen LogP contribution in [0.1, 0.15) is 18.9 Å². The van der Waals surface area contributed by atoms with E-state index in [-0.39, 0.29) is 18.6 Å². The van der Waals surface area contributed by atoms with E-state index in [0.29, 0.717) is 29.4 Å². The number of nitrogens with one attached hydrogen (secondary N) is 2. The molecule has 2 aromatic heterocycles. The van der Waals surface area contributed by atoms with E-state index in [2.05, 4.69) is 25.6 Å². The van der Waals surface area contributed by atoms with Crippen molar-refractivity contribution in [2.45, 2.75) is 37.1 Å². The molecule has 0 amide bonds. The molecule has 9 nitrogen and oxygen atoms in total. The number of aliphatic hydroxyl groups is 3. The number of nitrogens with zero attached hydrogens (tertiary/aromatic N) is 4. The maximum Gasteiger partial charge on any atom is 0.165 e. The molecule has 1 unspecified atom stereocenters. The first-order valence-corrected chi connectivity index (χ1v) is 8.31. The highest BCUT2D eigenvalue weighted by Gasteiger charge is 2.42. The Morgan fingerprint density at radius 3 is 2.83 bits per heavy atom. The maximum absolute atomic E-state index is 10.3. The van der Waals surface area contributed by atoms with Gasteiger partial charge in [-0.05, 0) is 19.4 Å². The summed E-state index contributed by atoms with van der Waals surface area (Å²) in [6, 6.07) is -0.0519. The molecule has 1 aliphatic heterocycles. The van der Waals surface area contributed by atoms with Gasteiger partial charge in [-0.2, -0.15) is 0 Å². The quantitative estimate of drug-likeness (QED) is 0.475. The van der Waals surface area contributed by atoms with E-state index in [9.17, 15) is 15.3 Å². The van der Waals surface area contributed by atoms with Crippen molar-refractivity contribution >= 4 is 17.0 Å². The zero-order chi connectivity index (χ0) is 16.7. The summed E-state index contributed by atoms with van der Waals surface area (Å²) >= 11 is 0. The second-order valence-corrected chi connectivity index (χ2v) is 6.61. The highest BCUT2D eigenvalue weighted by molar-refractivity contribution is 5.82. The van der Waals surface area contributed by atoms with Crippen LogP contribution >= 0.6 is 0 Å². The Balaban J connectivity index is 1.65. The van der Waals surface area contributed by atoms with Gasteiger partial charge in [-0.1, -0.05) is 0 Å². The Kier molecular flexibility index (Phi) is 4.09. The summed E-state index contributed by atoms with van der Waals surface area (Å²) in [5.41, 5.74) is 1.27. The van der Waals surface area contributed by atoms with Crippen molar-refractivity contribution < 1.29 is 15.3 Å². The lowest BCUT2D eigenvalue weighted by Crippen LogP contribution is -2.30. The second kappa shape index (κ2) is 6.25. The average Bonchev–Trinajstić information content (AvgIpc) is 3.30. The number of fused-ring (bicyclic) bond motifs is 1. The van der Waals surface area contributed by atoms with Gasteiger partial charge in [0.2, 0.25) is 0 Å². The van der Waals surface area contributed by atoms with Gasteiger partial charge in [-0.3, -0.25) is 0 Å². The smallest absolute Gasteiger partial charge is 0.165 e. The molecule has 2 aliphatic rings. The summed E-state index contributed by atoms with van der Waals surface area (Å²) < 4.78 is 1.78. The lowest BCUT2D eigenvalue weighted by Gasteiger charge is -2.18. The first-order valence-electron chi connectivity index (χ1n) is 8.31. The van der Waals surface area contributed by atoms with E-state index >= 15 is 0 Å². The molecule has 5 N–H and O–H groups in total. The van der Waals surface area contributed by atoms with E-state index in [0.717, 1.165) is 19.5 Å². The lowest BCUT2D eigenvalue weighted by atomic mass is 10.1. The van der Waals surface area contributed by atoms with Crippen LogP contribution < -0.4 is 10.6 Å². The van der Waals surface area contributed by atoms with Crippen molar-refractivity contribution in [3.8, 4) is 0 Å². The molecule has 0 bridgehead atoms. The fourth-order valence-corrected chi connectivity index (χ4v) is 3.73. The number of rotatable bonds is 4. The van der Waals surface area contributed by atoms with Crippen LogP contribution in [0.25, 0.3) is 11.2 Å². The molecule has 2 aromatic rings. The molecule has 1 saturated heterocycles. The van der Waals surface area contributed by atoms with Gasteiger partial charge < -0.3 is 30.5 Å². The Labute approximate surface area is 138 Å².